The number of nitrogens with one attached hydrogen (secondary N) is 1. The van der Waals surface area contributed by atoms with Crippen molar-refractivity contribution < 1.29 is 18.8 Å². The molecule has 1 aromatic carbocycles. The van der Waals surface area contributed by atoms with E-state index in [9.17, 15) is 9.18 Å². The first-order valence-corrected chi connectivity index (χ1v) is 9.31. The van der Waals surface area contributed by atoms with Gasteiger partial charge in [0.2, 0.25) is 0 Å². The highest BCUT2D eigenvalue weighted by Crippen LogP contribution is 2.33. The molecule has 0 aliphatic rings. The van der Waals surface area contributed by atoms with E-state index < -0.39 is 17.3 Å². The molecule has 0 aliphatic heterocycles. The number of halogens is 2. The first-order chi connectivity index (χ1) is 14.3. The van der Waals surface area contributed by atoms with Crippen LogP contribution in [0.3, 0.4) is 0 Å². The summed E-state index contributed by atoms with van der Waals surface area (Å²) in [4.78, 5) is 36.8. The number of hydrogen-bond donors (Lipinski definition) is 2. The molecular formula is C21H26ClFN4O3. The number of nitrogens with two attached hydrogens (primary N) is 1. The number of anilines is 1. The van der Waals surface area contributed by atoms with Crippen molar-refractivity contribution in [2.24, 2.45) is 10.7 Å². The third-order valence-corrected chi connectivity index (χ3v) is 4.43. The minimum Gasteiger partial charge on any atom is -0.387 e. The van der Waals surface area contributed by atoms with E-state index in [1.54, 1.807) is 12.1 Å². The summed E-state index contributed by atoms with van der Waals surface area (Å²) in [6, 6.07) is 7.49. The van der Waals surface area contributed by atoms with E-state index in [2.05, 4.69) is 15.3 Å². The number of carbonyl (C=O) groups excluding carboxylic acids is 3. The molecule has 30 heavy (non-hydrogen) atoms. The molecule has 162 valence electrons. The number of pyridine rings is 1. The highest BCUT2D eigenvalue weighted by Gasteiger charge is 2.28. The molecule has 3 N–H and O–H groups in total. The van der Waals surface area contributed by atoms with Gasteiger partial charge in [0.05, 0.1) is 16.4 Å². The molecule has 9 heteroatoms. The zero-order chi connectivity index (χ0) is 23.3. The number of amides is 1. The number of nitrogens with zero attached hydrogens (tertiary/aromatic N) is 2. The minimum atomic E-state index is -0.816. The molecule has 0 radical (unpaired) electrons. The lowest BCUT2D eigenvalue weighted by atomic mass is 9.89. The zero-order valence-electron chi connectivity index (χ0n) is 17.2. The normalized spacial score (nSPS) is 12.4. The number of rotatable bonds is 6. The molecule has 1 amide bonds. The maximum Gasteiger partial charge on any atom is 0.274 e. The molecule has 0 fully saturated rings. The minimum absolute atomic E-state index is 0.215. The predicted molar refractivity (Wildman–Crippen MR) is 117 cm³/mol. The Bertz CT molecular complexity index is 860. The monoisotopic (exact) mass is 436 g/mol. The summed E-state index contributed by atoms with van der Waals surface area (Å²) in [5.74, 6) is -0.354. The van der Waals surface area contributed by atoms with E-state index in [1.165, 1.54) is 24.4 Å². The van der Waals surface area contributed by atoms with Crippen LogP contribution in [0.25, 0.3) is 0 Å². The number of amidine groups is 1. The molecule has 2 aromatic rings. The number of benzene rings is 1. The van der Waals surface area contributed by atoms with Gasteiger partial charge in [-0.05, 0) is 43.7 Å². The van der Waals surface area contributed by atoms with Gasteiger partial charge in [-0.3, -0.25) is 9.79 Å². The second-order valence-electron chi connectivity index (χ2n) is 6.09. The zero-order valence-corrected chi connectivity index (χ0v) is 18.0. The van der Waals surface area contributed by atoms with Crippen molar-refractivity contribution in [3.05, 3.63) is 58.6 Å². The molecule has 0 bridgehead atoms. The van der Waals surface area contributed by atoms with E-state index in [-0.39, 0.29) is 5.69 Å². The van der Waals surface area contributed by atoms with Crippen LogP contribution in [0, 0.1) is 5.82 Å². The summed E-state index contributed by atoms with van der Waals surface area (Å²) < 4.78 is 14.5. The quantitative estimate of drug-likeness (QED) is 0.521. The van der Waals surface area contributed by atoms with Crippen LogP contribution in [0.4, 0.5) is 10.1 Å². The number of carbonyl (C=O) groups is 3. The van der Waals surface area contributed by atoms with Crippen molar-refractivity contribution in [3.63, 3.8) is 0 Å². The van der Waals surface area contributed by atoms with Crippen molar-refractivity contribution in [3.8, 4) is 0 Å². The Balaban J connectivity index is 0.00000198. The van der Waals surface area contributed by atoms with Gasteiger partial charge >= 0.3 is 0 Å². The van der Waals surface area contributed by atoms with Gasteiger partial charge in [-0.2, -0.15) is 0 Å². The van der Waals surface area contributed by atoms with Crippen LogP contribution in [0.2, 0.25) is 5.02 Å². The number of hydrogen-bond acceptors (Lipinski definition) is 5. The van der Waals surface area contributed by atoms with Gasteiger partial charge in [-0.25, -0.2) is 9.37 Å². The Morgan fingerprint density at radius 3 is 2.37 bits per heavy atom. The lowest BCUT2D eigenvalue weighted by molar-refractivity contribution is -0.0987. The van der Waals surface area contributed by atoms with E-state index in [4.69, 9.17) is 26.9 Å². The summed E-state index contributed by atoms with van der Waals surface area (Å²) in [7, 11) is 0. The molecule has 2 rings (SSSR count). The molecule has 0 saturated carbocycles. The topological polar surface area (TPSA) is 115 Å². The van der Waals surface area contributed by atoms with Crippen LogP contribution in [0.5, 0.6) is 0 Å². The van der Waals surface area contributed by atoms with Crippen molar-refractivity contribution in [1.82, 2.24) is 4.98 Å². The molecule has 1 aromatic heterocycles. The van der Waals surface area contributed by atoms with Crippen molar-refractivity contribution in [1.29, 1.82) is 0 Å². The molecule has 0 aliphatic carbocycles. The van der Waals surface area contributed by atoms with Gasteiger partial charge in [-0.15, -0.1) is 0 Å². The number of aromatic nitrogens is 1. The maximum absolute atomic E-state index is 14.5. The summed E-state index contributed by atoms with van der Waals surface area (Å²) >= 11 is 5.78. The van der Waals surface area contributed by atoms with E-state index >= 15 is 0 Å². The third-order valence-electron chi connectivity index (χ3n) is 4.21. The van der Waals surface area contributed by atoms with E-state index in [0.717, 1.165) is 0 Å². The van der Waals surface area contributed by atoms with Crippen molar-refractivity contribution >= 4 is 42.6 Å². The second-order valence-corrected chi connectivity index (χ2v) is 6.53. The molecule has 7 nitrogen and oxygen atoms in total. The SMILES string of the molecule is C=O.C=O.CCC(N)=N[C@@](C)(CC)c1cc(NC(=O)c2ccc(Cl)cn2)ccc1F. The van der Waals surface area contributed by atoms with Crippen LogP contribution < -0.4 is 11.1 Å². The fourth-order valence-electron chi connectivity index (χ4n) is 2.45. The predicted octanol–water partition coefficient (Wildman–Crippen LogP) is 4.15. The summed E-state index contributed by atoms with van der Waals surface area (Å²) in [6.45, 7) is 9.62. The van der Waals surface area contributed by atoms with Crippen LogP contribution >= 0.6 is 11.6 Å². The maximum atomic E-state index is 14.5. The lowest BCUT2D eigenvalue weighted by Gasteiger charge is -2.26. The Kier molecular flexibility index (Phi) is 11.8. The second kappa shape index (κ2) is 13.2. The van der Waals surface area contributed by atoms with Gasteiger partial charge in [0.1, 0.15) is 25.1 Å². The van der Waals surface area contributed by atoms with Crippen LogP contribution in [-0.4, -0.2) is 30.3 Å². The Morgan fingerprint density at radius 1 is 1.23 bits per heavy atom. The van der Waals surface area contributed by atoms with Gasteiger partial charge < -0.3 is 20.6 Å². The fraction of sp³-hybridized carbons (Fsp3) is 0.286. The first kappa shape index (κ1) is 26.9. The number of aliphatic imine (C=N–C) groups is 1. The van der Waals surface area contributed by atoms with Gasteiger partial charge in [-0.1, -0.05) is 25.4 Å². The van der Waals surface area contributed by atoms with Crippen molar-refractivity contribution in [2.75, 3.05) is 5.32 Å². The average Bonchev–Trinajstić information content (AvgIpc) is 2.78. The molecule has 1 atom stereocenters. The molecule has 0 spiro atoms. The van der Waals surface area contributed by atoms with Crippen LogP contribution in [0.15, 0.2) is 41.5 Å². The molecule has 0 unspecified atom stereocenters. The summed E-state index contributed by atoms with van der Waals surface area (Å²) in [6.07, 6.45) is 2.53. The smallest absolute Gasteiger partial charge is 0.274 e. The highest BCUT2D eigenvalue weighted by molar-refractivity contribution is 6.30. The van der Waals surface area contributed by atoms with Crippen LogP contribution in [-0.2, 0) is 15.1 Å². The highest BCUT2D eigenvalue weighted by atomic mass is 35.5. The van der Waals surface area contributed by atoms with E-state index in [1.807, 2.05) is 34.3 Å². The van der Waals surface area contributed by atoms with E-state index in [0.29, 0.717) is 35.0 Å². The molecular weight excluding hydrogens is 411 g/mol. The standard InChI is InChI=1S/C19H22ClFN4O.2CH2O/c1-4-17(22)25-19(3,5-2)14-10-13(7-8-15(14)21)24-18(26)16-9-6-12(20)11-23-16;2*1-2/h6-11H,4-5H2,1-3H3,(H2,22,25)(H,24,26);2*1H2/t19-;;/m0../s1. The largest absolute Gasteiger partial charge is 0.387 e. The molecule has 0 saturated heterocycles. The average molecular weight is 437 g/mol. The first-order valence-electron chi connectivity index (χ1n) is 8.94. The Morgan fingerprint density at radius 2 is 1.87 bits per heavy atom. The summed E-state index contributed by atoms with van der Waals surface area (Å²) in [5.41, 5.74) is 6.09. The molecule has 1 heterocycles. The van der Waals surface area contributed by atoms with Gasteiger partial charge in [0.25, 0.3) is 5.91 Å². The van der Waals surface area contributed by atoms with Gasteiger partial charge in [0, 0.05) is 23.9 Å². The summed E-state index contributed by atoms with van der Waals surface area (Å²) in [5, 5.41) is 3.16. The van der Waals surface area contributed by atoms with Crippen LogP contribution in [0.1, 0.15) is 49.7 Å². The Hall–Kier alpha value is -3.13. The Labute approximate surface area is 180 Å². The van der Waals surface area contributed by atoms with Crippen molar-refractivity contribution in [2.45, 2.75) is 39.2 Å². The fourth-order valence-corrected chi connectivity index (χ4v) is 2.56. The third kappa shape index (κ3) is 7.36. The van der Waals surface area contributed by atoms with Gasteiger partial charge in [0.15, 0.2) is 0 Å². The lowest BCUT2D eigenvalue weighted by Crippen LogP contribution is -2.25.